The highest BCUT2D eigenvalue weighted by Gasteiger charge is 2.29. The van der Waals surface area contributed by atoms with Gasteiger partial charge in [0.25, 0.3) is 0 Å². The Hall–Kier alpha value is -2.15. The summed E-state index contributed by atoms with van der Waals surface area (Å²) in [5.74, 6) is 1.15. The average molecular weight is 302 g/mol. The zero-order valence-corrected chi connectivity index (χ0v) is 13.2. The number of aliphatic hydroxyl groups excluding tert-OH is 1. The van der Waals surface area contributed by atoms with Gasteiger partial charge in [0, 0.05) is 25.3 Å². The molecule has 0 spiro atoms. The van der Waals surface area contributed by atoms with Crippen LogP contribution in [0, 0.1) is 11.3 Å². The van der Waals surface area contributed by atoms with Crippen LogP contribution in [0.2, 0.25) is 0 Å². The van der Waals surface area contributed by atoms with E-state index in [-0.39, 0.29) is 23.9 Å². The van der Waals surface area contributed by atoms with Gasteiger partial charge in [-0.15, -0.1) is 0 Å². The van der Waals surface area contributed by atoms with E-state index in [4.69, 9.17) is 10.8 Å². The molecule has 7 heteroatoms. The number of hydrogen-bond donors (Lipinski definition) is 3. The van der Waals surface area contributed by atoms with Gasteiger partial charge in [-0.25, -0.2) is 4.98 Å². The van der Waals surface area contributed by atoms with Crippen LogP contribution in [-0.2, 0) is 0 Å². The molecule has 1 fully saturated rings. The predicted molar refractivity (Wildman–Crippen MR) is 87.1 cm³/mol. The summed E-state index contributed by atoms with van der Waals surface area (Å²) in [7, 11) is 0. The molecule has 118 valence electrons. The molecule has 0 saturated heterocycles. The van der Waals surface area contributed by atoms with Gasteiger partial charge in [0.15, 0.2) is 17.0 Å². The first kappa shape index (κ1) is 14.8. The fourth-order valence-corrected chi connectivity index (χ4v) is 2.24. The third-order valence-electron chi connectivity index (χ3n) is 3.60. The van der Waals surface area contributed by atoms with Crippen LogP contribution >= 0.6 is 0 Å². The molecule has 7 nitrogen and oxygen atoms in total. The number of nitrogen functional groups attached to an aromatic ring is 1. The van der Waals surface area contributed by atoms with E-state index in [2.05, 4.69) is 41.0 Å². The van der Waals surface area contributed by atoms with Gasteiger partial charge in [-0.3, -0.25) is 4.57 Å². The van der Waals surface area contributed by atoms with Crippen molar-refractivity contribution in [2.45, 2.75) is 27.2 Å². The second-order valence-electron chi connectivity index (χ2n) is 6.96. The van der Waals surface area contributed by atoms with Gasteiger partial charge >= 0.3 is 0 Å². The largest absolute Gasteiger partial charge is 0.396 e. The average Bonchev–Trinajstić information content (AvgIpc) is 3.08. The maximum Gasteiger partial charge on any atom is 0.224 e. The van der Waals surface area contributed by atoms with Gasteiger partial charge in [0.05, 0.1) is 0 Å². The molecule has 1 unspecified atom stereocenters. The van der Waals surface area contributed by atoms with Crippen LogP contribution in [0.5, 0.6) is 0 Å². The van der Waals surface area contributed by atoms with E-state index in [0.29, 0.717) is 17.0 Å². The molecule has 2 heterocycles. The lowest BCUT2D eigenvalue weighted by Gasteiger charge is -2.19. The molecule has 1 aliphatic rings. The Labute approximate surface area is 129 Å². The second kappa shape index (κ2) is 5.24. The van der Waals surface area contributed by atoms with Crippen molar-refractivity contribution in [1.82, 2.24) is 19.5 Å². The van der Waals surface area contributed by atoms with E-state index in [1.807, 2.05) is 10.8 Å². The monoisotopic (exact) mass is 302 g/mol. The molecule has 2 aromatic rings. The van der Waals surface area contributed by atoms with Crippen LogP contribution in [0.15, 0.2) is 11.9 Å². The molecule has 22 heavy (non-hydrogen) atoms. The van der Waals surface area contributed by atoms with E-state index in [0.717, 1.165) is 13.0 Å². The van der Waals surface area contributed by atoms with Gasteiger partial charge in [-0.2, -0.15) is 9.97 Å². The zero-order valence-electron chi connectivity index (χ0n) is 13.2. The standard InChI is InChI=1S/C15H22N6O/c1-15(2,3)7-17-12-11-13(20-14(16)19-12)21(8-18-11)5-9-4-10(9)6-22/h5,8,10,22H,4,6-7H2,1-3H3,(H3,16,17,19,20)/b9-5-. The third kappa shape index (κ3) is 3.04. The van der Waals surface area contributed by atoms with Crippen LogP contribution in [0.1, 0.15) is 27.2 Å². The summed E-state index contributed by atoms with van der Waals surface area (Å²) < 4.78 is 1.85. The summed E-state index contributed by atoms with van der Waals surface area (Å²) in [6.45, 7) is 7.39. The first-order chi connectivity index (χ1) is 10.4. The Kier molecular flexibility index (Phi) is 3.52. The van der Waals surface area contributed by atoms with E-state index in [1.165, 1.54) is 5.57 Å². The molecule has 0 aliphatic heterocycles. The number of anilines is 2. The quantitative estimate of drug-likeness (QED) is 0.795. The van der Waals surface area contributed by atoms with Crippen LogP contribution in [0.3, 0.4) is 0 Å². The molecule has 4 N–H and O–H groups in total. The highest BCUT2D eigenvalue weighted by Crippen LogP contribution is 2.38. The highest BCUT2D eigenvalue weighted by molar-refractivity contribution is 5.85. The van der Waals surface area contributed by atoms with Crippen molar-refractivity contribution >= 4 is 29.1 Å². The molecule has 2 aromatic heterocycles. The second-order valence-corrected chi connectivity index (χ2v) is 6.96. The number of imidazole rings is 1. The van der Waals surface area contributed by atoms with Crippen LogP contribution in [0.4, 0.5) is 11.8 Å². The Morgan fingerprint density at radius 1 is 1.45 bits per heavy atom. The lowest BCUT2D eigenvalue weighted by molar-refractivity contribution is 0.281. The summed E-state index contributed by atoms with van der Waals surface area (Å²) in [5, 5.41) is 12.4. The molecule has 1 atom stereocenters. The number of nitrogens with zero attached hydrogens (tertiary/aromatic N) is 4. The van der Waals surface area contributed by atoms with E-state index in [1.54, 1.807) is 6.33 Å². The maximum absolute atomic E-state index is 9.13. The van der Waals surface area contributed by atoms with Crippen molar-refractivity contribution in [1.29, 1.82) is 0 Å². The lowest BCUT2D eigenvalue weighted by Crippen LogP contribution is -2.20. The predicted octanol–water partition coefficient (Wildman–Crippen LogP) is 1.72. The van der Waals surface area contributed by atoms with Crippen molar-refractivity contribution in [2.24, 2.45) is 11.3 Å². The smallest absolute Gasteiger partial charge is 0.224 e. The molecule has 0 bridgehead atoms. The lowest BCUT2D eigenvalue weighted by atomic mass is 9.97. The van der Waals surface area contributed by atoms with Crippen molar-refractivity contribution in [2.75, 3.05) is 24.2 Å². The fraction of sp³-hybridized carbons (Fsp3) is 0.533. The van der Waals surface area contributed by atoms with E-state index < -0.39 is 0 Å². The molecular weight excluding hydrogens is 280 g/mol. The summed E-state index contributed by atoms with van der Waals surface area (Å²) in [5.41, 5.74) is 8.53. The topological polar surface area (TPSA) is 102 Å². The van der Waals surface area contributed by atoms with Crippen LogP contribution in [0.25, 0.3) is 17.4 Å². The van der Waals surface area contributed by atoms with E-state index >= 15 is 0 Å². The Balaban J connectivity index is 1.94. The number of aromatic nitrogens is 4. The third-order valence-corrected chi connectivity index (χ3v) is 3.60. The van der Waals surface area contributed by atoms with Gasteiger partial charge in [0.1, 0.15) is 6.33 Å². The molecule has 0 radical (unpaired) electrons. The van der Waals surface area contributed by atoms with Crippen molar-refractivity contribution in [3.05, 3.63) is 11.9 Å². The summed E-state index contributed by atoms with van der Waals surface area (Å²) >= 11 is 0. The minimum Gasteiger partial charge on any atom is -0.396 e. The normalized spacial score (nSPS) is 19.8. The van der Waals surface area contributed by atoms with Gasteiger partial charge in [-0.1, -0.05) is 20.8 Å². The summed E-state index contributed by atoms with van der Waals surface area (Å²) in [6, 6.07) is 0. The summed E-state index contributed by atoms with van der Waals surface area (Å²) in [4.78, 5) is 13.0. The Morgan fingerprint density at radius 3 is 2.86 bits per heavy atom. The number of rotatable bonds is 4. The number of aliphatic hydroxyl groups is 1. The first-order valence-electron chi connectivity index (χ1n) is 7.43. The number of nitrogens with one attached hydrogen (secondary N) is 1. The number of fused-ring (bicyclic) bond motifs is 1. The van der Waals surface area contributed by atoms with Gasteiger partial charge in [0.2, 0.25) is 5.95 Å². The minimum absolute atomic E-state index is 0.124. The van der Waals surface area contributed by atoms with Crippen LogP contribution < -0.4 is 11.1 Å². The van der Waals surface area contributed by atoms with E-state index in [9.17, 15) is 0 Å². The maximum atomic E-state index is 9.13. The highest BCUT2D eigenvalue weighted by atomic mass is 16.3. The molecule has 3 rings (SSSR count). The Morgan fingerprint density at radius 2 is 2.23 bits per heavy atom. The van der Waals surface area contributed by atoms with Crippen molar-refractivity contribution in [3.8, 4) is 0 Å². The first-order valence-corrected chi connectivity index (χ1v) is 7.43. The fourth-order valence-electron chi connectivity index (χ4n) is 2.24. The zero-order chi connectivity index (χ0) is 15.9. The summed E-state index contributed by atoms with van der Waals surface area (Å²) in [6.07, 6.45) is 4.60. The molecule has 0 amide bonds. The minimum atomic E-state index is 0.124. The molecule has 1 aliphatic carbocycles. The SMILES string of the molecule is CC(C)(C)CNc1nc(N)nc2c1ncn2/C=C1/CC1CO. The Bertz CT molecular complexity index is 727. The molecular formula is C15H22N6O. The van der Waals surface area contributed by atoms with Gasteiger partial charge < -0.3 is 16.2 Å². The number of hydrogen-bond acceptors (Lipinski definition) is 6. The van der Waals surface area contributed by atoms with Crippen molar-refractivity contribution < 1.29 is 5.11 Å². The van der Waals surface area contributed by atoms with Crippen LogP contribution in [-0.4, -0.2) is 37.8 Å². The molecule has 0 aromatic carbocycles. The molecule has 1 saturated carbocycles. The number of nitrogens with two attached hydrogens (primary N) is 1. The van der Waals surface area contributed by atoms with Gasteiger partial charge in [-0.05, 0) is 17.4 Å². The van der Waals surface area contributed by atoms with Crippen molar-refractivity contribution in [3.63, 3.8) is 0 Å².